The van der Waals surface area contributed by atoms with Gasteiger partial charge < -0.3 is 9.64 Å². The van der Waals surface area contributed by atoms with E-state index in [1.54, 1.807) is 38.4 Å². The summed E-state index contributed by atoms with van der Waals surface area (Å²) in [6.45, 7) is -0.266. The van der Waals surface area contributed by atoms with Gasteiger partial charge in [0, 0.05) is 24.3 Å². The summed E-state index contributed by atoms with van der Waals surface area (Å²) in [4.78, 5) is 14.4. The average molecular weight is 507 g/mol. The van der Waals surface area contributed by atoms with Crippen molar-refractivity contribution in [2.24, 2.45) is 0 Å². The lowest BCUT2D eigenvalue weighted by atomic mass is 10.1. The molecular formula is C24H24Cl2N2O4S. The van der Waals surface area contributed by atoms with E-state index in [0.717, 1.165) is 9.87 Å². The summed E-state index contributed by atoms with van der Waals surface area (Å²) < 4.78 is 33.3. The summed E-state index contributed by atoms with van der Waals surface area (Å²) in [6, 6.07) is 20.6. The Morgan fingerprint density at radius 3 is 2.27 bits per heavy atom. The molecule has 0 fully saturated rings. The highest BCUT2D eigenvalue weighted by Gasteiger charge is 2.30. The van der Waals surface area contributed by atoms with Crippen molar-refractivity contribution in [3.05, 3.63) is 88.4 Å². The number of methoxy groups -OCH3 is 1. The first-order chi connectivity index (χ1) is 15.7. The third kappa shape index (κ3) is 6.26. The Morgan fingerprint density at radius 2 is 1.64 bits per heavy atom. The molecule has 6 nitrogen and oxygen atoms in total. The number of nitrogens with zero attached hydrogens (tertiary/aromatic N) is 2. The quantitative estimate of drug-likeness (QED) is 0.413. The van der Waals surface area contributed by atoms with Gasteiger partial charge in [-0.05, 0) is 54.4 Å². The summed E-state index contributed by atoms with van der Waals surface area (Å²) in [6.07, 6.45) is 0.428. The van der Waals surface area contributed by atoms with Crippen molar-refractivity contribution in [1.82, 2.24) is 4.31 Å². The maximum atomic E-state index is 13.5. The third-order valence-electron chi connectivity index (χ3n) is 5.15. The summed E-state index contributed by atoms with van der Waals surface area (Å²) in [5.74, 6) is 0.261. The number of anilines is 1. The van der Waals surface area contributed by atoms with Gasteiger partial charge in [0.05, 0.1) is 18.7 Å². The van der Waals surface area contributed by atoms with Gasteiger partial charge in [0.2, 0.25) is 15.9 Å². The minimum atomic E-state index is -4.10. The number of ether oxygens (including phenoxy) is 1. The Kier molecular flexibility index (Phi) is 8.37. The van der Waals surface area contributed by atoms with E-state index in [4.69, 9.17) is 27.9 Å². The van der Waals surface area contributed by atoms with E-state index in [1.165, 1.54) is 23.1 Å². The second-order valence-corrected chi connectivity index (χ2v) is 10.0. The zero-order valence-corrected chi connectivity index (χ0v) is 20.6. The van der Waals surface area contributed by atoms with Crippen LogP contribution in [-0.4, -0.2) is 45.9 Å². The van der Waals surface area contributed by atoms with E-state index in [-0.39, 0.29) is 28.0 Å². The summed E-state index contributed by atoms with van der Waals surface area (Å²) >= 11 is 12.2. The van der Waals surface area contributed by atoms with E-state index >= 15 is 0 Å². The fourth-order valence-electron chi connectivity index (χ4n) is 3.20. The minimum Gasteiger partial charge on any atom is -0.497 e. The van der Waals surface area contributed by atoms with Crippen LogP contribution in [0.1, 0.15) is 5.56 Å². The van der Waals surface area contributed by atoms with Gasteiger partial charge in [-0.25, -0.2) is 8.42 Å². The lowest BCUT2D eigenvalue weighted by Gasteiger charge is -2.25. The Hall–Kier alpha value is -2.58. The first-order valence-electron chi connectivity index (χ1n) is 10.1. The number of rotatable bonds is 9. The molecule has 174 valence electrons. The SMILES string of the molecule is COc1ccc(N(C)C(=O)CN(CCc2ccccc2)S(=O)(=O)c2cc(Cl)ccc2Cl)cc1. The highest BCUT2D eigenvalue weighted by molar-refractivity contribution is 7.89. The number of likely N-dealkylation sites (N-methyl/N-ethyl adjacent to an activating group) is 1. The molecule has 1 amide bonds. The van der Waals surface area contributed by atoms with Crippen molar-refractivity contribution in [1.29, 1.82) is 0 Å². The molecule has 3 aromatic rings. The van der Waals surface area contributed by atoms with Crippen LogP contribution in [0.3, 0.4) is 0 Å². The van der Waals surface area contributed by atoms with Crippen LogP contribution in [0.2, 0.25) is 10.0 Å². The summed E-state index contributed by atoms with van der Waals surface area (Å²) in [5.41, 5.74) is 1.56. The molecule has 0 atom stereocenters. The van der Waals surface area contributed by atoms with E-state index in [9.17, 15) is 13.2 Å². The molecule has 0 saturated carbocycles. The minimum absolute atomic E-state index is 0.0417. The molecule has 33 heavy (non-hydrogen) atoms. The monoisotopic (exact) mass is 506 g/mol. The van der Waals surface area contributed by atoms with Gasteiger partial charge in [-0.1, -0.05) is 53.5 Å². The molecule has 0 spiro atoms. The van der Waals surface area contributed by atoms with E-state index in [0.29, 0.717) is 17.9 Å². The standard InChI is InChI=1S/C24H24Cl2N2O4S/c1-27(20-9-11-21(32-2)12-10-20)24(29)17-28(15-14-18-6-4-3-5-7-18)33(30,31)23-16-19(25)8-13-22(23)26/h3-13,16H,14-15,17H2,1-2H3. The second kappa shape index (κ2) is 11.0. The fourth-order valence-corrected chi connectivity index (χ4v) is 5.33. The second-order valence-electron chi connectivity index (χ2n) is 7.30. The van der Waals surface area contributed by atoms with Crippen LogP contribution in [0.15, 0.2) is 77.7 Å². The number of sulfonamides is 1. The molecule has 0 N–H and O–H groups in total. The van der Waals surface area contributed by atoms with Crippen LogP contribution in [0.5, 0.6) is 5.75 Å². The summed E-state index contributed by atoms with van der Waals surface area (Å²) in [5, 5.41) is 0.280. The molecule has 0 aliphatic rings. The molecule has 0 aliphatic heterocycles. The Labute approximate surface area is 204 Å². The van der Waals surface area contributed by atoms with E-state index in [1.807, 2.05) is 30.3 Å². The number of carbonyl (C=O) groups excluding carboxylic acids is 1. The fraction of sp³-hybridized carbons (Fsp3) is 0.208. The number of benzene rings is 3. The van der Waals surface area contributed by atoms with Crippen LogP contribution >= 0.6 is 23.2 Å². The normalized spacial score (nSPS) is 11.4. The molecule has 3 rings (SSSR count). The summed E-state index contributed by atoms with van der Waals surface area (Å²) in [7, 11) is -0.945. The van der Waals surface area contributed by atoms with E-state index < -0.39 is 15.9 Å². The van der Waals surface area contributed by atoms with Gasteiger partial charge in [0.25, 0.3) is 0 Å². The molecular weight excluding hydrogens is 483 g/mol. The van der Waals surface area contributed by atoms with Crippen molar-refractivity contribution in [2.45, 2.75) is 11.3 Å². The maximum absolute atomic E-state index is 13.5. The van der Waals surface area contributed by atoms with Gasteiger partial charge in [-0.3, -0.25) is 4.79 Å². The third-order valence-corrected chi connectivity index (χ3v) is 7.71. The first kappa shape index (κ1) is 25.1. The number of hydrogen-bond donors (Lipinski definition) is 0. The molecule has 3 aromatic carbocycles. The van der Waals surface area contributed by atoms with Crippen molar-refractivity contribution in [2.75, 3.05) is 32.1 Å². The largest absolute Gasteiger partial charge is 0.497 e. The van der Waals surface area contributed by atoms with Crippen LogP contribution in [0.25, 0.3) is 0 Å². The molecule has 0 unspecified atom stereocenters. The van der Waals surface area contributed by atoms with Gasteiger partial charge in [0.15, 0.2) is 0 Å². The van der Waals surface area contributed by atoms with E-state index in [2.05, 4.69) is 0 Å². The lowest BCUT2D eigenvalue weighted by molar-refractivity contribution is -0.118. The van der Waals surface area contributed by atoms with Crippen LogP contribution in [0, 0.1) is 0 Å². The van der Waals surface area contributed by atoms with Crippen molar-refractivity contribution in [3.8, 4) is 5.75 Å². The number of hydrogen-bond acceptors (Lipinski definition) is 4. The molecule has 0 bridgehead atoms. The topological polar surface area (TPSA) is 66.9 Å². The van der Waals surface area contributed by atoms with Crippen LogP contribution in [0.4, 0.5) is 5.69 Å². The maximum Gasteiger partial charge on any atom is 0.245 e. The predicted octanol–water partition coefficient (Wildman–Crippen LogP) is 4.90. The van der Waals surface area contributed by atoms with Gasteiger partial charge in [-0.2, -0.15) is 4.31 Å². The molecule has 0 radical (unpaired) electrons. The molecule has 0 heterocycles. The molecule has 0 aromatic heterocycles. The van der Waals surface area contributed by atoms with Crippen molar-refractivity contribution < 1.29 is 17.9 Å². The van der Waals surface area contributed by atoms with Gasteiger partial charge >= 0.3 is 0 Å². The Bertz CT molecular complexity index is 1200. The van der Waals surface area contributed by atoms with Crippen molar-refractivity contribution in [3.63, 3.8) is 0 Å². The number of halogens is 2. The highest BCUT2D eigenvalue weighted by Crippen LogP contribution is 2.28. The zero-order valence-electron chi connectivity index (χ0n) is 18.2. The van der Waals surface area contributed by atoms with Crippen molar-refractivity contribution >= 4 is 44.8 Å². The predicted molar refractivity (Wildman–Crippen MR) is 132 cm³/mol. The Balaban J connectivity index is 1.88. The number of carbonyl (C=O) groups is 1. The zero-order chi connectivity index (χ0) is 24.0. The van der Waals surface area contributed by atoms with Crippen LogP contribution in [-0.2, 0) is 21.2 Å². The lowest BCUT2D eigenvalue weighted by Crippen LogP contribution is -2.42. The first-order valence-corrected chi connectivity index (χ1v) is 12.3. The van der Waals surface area contributed by atoms with Gasteiger partial charge in [-0.15, -0.1) is 0 Å². The smallest absolute Gasteiger partial charge is 0.245 e. The number of amides is 1. The highest BCUT2D eigenvalue weighted by atomic mass is 35.5. The Morgan fingerprint density at radius 1 is 0.970 bits per heavy atom. The molecule has 0 saturated heterocycles. The average Bonchev–Trinajstić information content (AvgIpc) is 2.83. The van der Waals surface area contributed by atoms with Crippen LogP contribution < -0.4 is 9.64 Å². The van der Waals surface area contributed by atoms with Gasteiger partial charge in [0.1, 0.15) is 10.6 Å². The molecule has 0 aliphatic carbocycles. The molecule has 9 heteroatoms.